The molecule has 0 bridgehead atoms. The van der Waals surface area contributed by atoms with Gasteiger partial charge in [-0.15, -0.1) is 0 Å². The highest BCUT2D eigenvalue weighted by molar-refractivity contribution is 5.99. The van der Waals surface area contributed by atoms with Crippen molar-refractivity contribution in [3.05, 3.63) is 24.3 Å². The molecule has 0 aliphatic carbocycles. The molecule has 0 radical (unpaired) electrons. The molecular formula is C15H20N4O2. The van der Waals surface area contributed by atoms with Crippen molar-refractivity contribution >= 4 is 23.2 Å². The Hall–Kier alpha value is -2.08. The Morgan fingerprint density at radius 3 is 2.48 bits per heavy atom. The van der Waals surface area contributed by atoms with E-state index in [1.807, 2.05) is 24.3 Å². The number of carbonyl (C=O) groups is 2. The van der Waals surface area contributed by atoms with Crippen LogP contribution < -0.4 is 21.1 Å². The minimum absolute atomic E-state index is 0.157. The summed E-state index contributed by atoms with van der Waals surface area (Å²) >= 11 is 0. The Morgan fingerprint density at radius 2 is 1.86 bits per heavy atom. The van der Waals surface area contributed by atoms with Crippen LogP contribution in [-0.2, 0) is 9.59 Å². The van der Waals surface area contributed by atoms with E-state index in [0.29, 0.717) is 0 Å². The van der Waals surface area contributed by atoms with Gasteiger partial charge in [0.15, 0.2) is 0 Å². The highest BCUT2D eigenvalue weighted by Crippen LogP contribution is 2.22. The molecule has 3 N–H and O–H groups in total. The zero-order chi connectivity index (χ0) is 14.7. The van der Waals surface area contributed by atoms with Gasteiger partial charge in [0.05, 0.1) is 6.42 Å². The van der Waals surface area contributed by atoms with E-state index in [-0.39, 0.29) is 18.2 Å². The number of benzene rings is 1. The molecule has 2 aliphatic heterocycles. The first-order valence-corrected chi connectivity index (χ1v) is 7.42. The summed E-state index contributed by atoms with van der Waals surface area (Å²) in [5, 5.41) is 2.82. The van der Waals surface area contributed by atoms with Crippen molar-refractivity contribution in [2.75, 3.05) is 23.3 Å². The van der Waals surface area contributed by atoms with Crippen molar-refractivity contribution in [1.82, 2.24) is 10.9 Å². The van der Waals surface area contributed by atoms with E-state index in [1.54, 1.807) is 0 Å². The molecule has 0 saturated carbocycles. The third-order valence-corrected chi connectivity index (χ3v) is 3.95. The average Bonchev–Trinajstić information content (AvgIpc) is 2.96. The van der Waals surface area contributed by atoms with E-state index in [4.69, 9.17) is 0 Å². The smallest absolute Gasteiger partial charge is 0.243 e. The first-order chi connectivity index (χ1) is 10.2. The van der Waals surface area contributed by atoms with Gasteiger partial charge in [-0.25, -0.2) is 5.43 Å². The number of hydrogen-bond donors (Lipinski definition) is 3. The van der Waals surface area contributed by atoms with E-state index in [1.165, 1.54) is 24.9 Å². The first kappa shape index (κ1) is 13.9. The molecule has 6 heteroatoms. The van der Waals surface area contributed by atoms with E-state index in [0.717, 1.165) is 18.8 Å². The minimum atomic E-state index is -0.501. The molecule has 3 rings (SSSR count). The fourth-order valence-electron chi connectivity index (χ4n) is 2.75. The van der Waals surface area contributed by atoms with Crippen LogP contribution in [0.2, 0.25) is 0 Å². The second kappa shape index (κ2) is 6.13. The van der Waals surface area contributed by atoms with Crippen LogP contribution in [0.3, 0.4) is 0 Å². The van der Waals surface area contributed by atoms with E-state index < -0.39 is 6.04 Å². The van der Waals surface area contributed by atoms with Gasteiger partial charge >= 0.3 is 0 Å². The van der Waals surface area contributed by atoms with Crippen molar-refractivity contribution in [2.45, 2.75) is 31.7 Å². The largest absolute Gasteiger partial charge is 0.372 e. The molecule has 2 aliphatic rings. The predicted octanol–water partition coefficient (Wildman–Crippen LogP) is 1.01. The number of hydrazine groups is 1. The third kappa shape index (κ3) is 3.33. The quantitative estimate of drug-likeness (QED) is 0.776. The van der Waals surface area contributed by atoms with Gasteiger partial charge in [0.2, 0.25) is 11.8 Å². The van der Waals surface area contributed by atoms with Crippen LogP contribution in [0.5, 0.6) is 0 Å². The monoisotopic (exact) mass is 288 g/mol. The van der Waals surface area contributed by atoms with Gasteiger partial charge in [-0.3, -0.25) is 15.0 Å². The summed E-state index contributed by atoms with van der Waals surface area (Å²) in [5.41, 5.74) is 7.05. The summed E-state index contributed by atoms with van der Waals surface area (Å²) in [6.07, 6.45) is 3.98. The molecule has 21 heavy (non-hydrogen) atoms. The summed E-state index contributed by atoms with van der Waals surface area (Å²) in [5.74, 6) is -0.352. The number of amides is 2. The molecule has 2 amide bonds. The van der Waals surface area contributed by atoms with Gasteiger partial charge in [0.25, 0.3) is 0 Å². The highest BCUT2D eigenvalue weighted by atomic mass is 16.2. The van der Waals surface area contributed by atoms with Crippen LogP contribution in [0.15, 0.2) is 24.3 Å². The molecule has 1 atom stereocenters. The standard InChI is InChI=1S/C15H20N4O2/c20-14-10-13(17-18-14)15(21)16-11-4-6-12(7-5-11)19-8-2-1-3-9-19/h4-7,13,17H,1-3,8-10H2,(H,16,21)(H,18,20). The lowest BCUT2D eigenvalue weighted by molar-refractivity contribution is -0.121. The predicted molar refractivity (Wildman–Crippen MR) is 80.8 cm³/mol. The summed E-state index contributed by atoms with van der Waals surface area (Å²) in [6, 6.07) is 7.39. The Morgan fingerprint density at radius 1 is 1.14 bits per heavy atom. The van der Waals surface area contributed by atoms with E-state index in [2.05, 4.69) is 21.1 Å². The van der Waals surface area contributed by atoms with Crippen molar-refractivity contribution in [3.63, 3.8) is 0 Å². The van der Waals surface area contributed by atoms with Gasteiger partial charge in [-0.2, -0.15) is 0 Å². The van der Waals surface area contributed by atoms with Gasteiger partial charge in [0, 0.05) is 24.5 Å². The van der Waals surface area contributed by atoms with Crippen molar-refractivity contribution < 1.29 is 9.59 Å². The Kier molecular flexibility index (Phi) is 4.06. The zero-order valence-corrected chi connectivity index (χ0v) is 11.9. The third-order valence-electron chi connectivity index (χ3n) is 3.95. The van der Waals surface area contributed by atoms with Gasteiger partial charge in [-0.05, 0) is 43.5 Å². The summed E-state index contributed by atoms with van der Waals surface area (Å²) in [6.45, 7) is 2.21. The molecule has 1 aromatic rings. The maximum Gasteiger partial charge on any atom is 0.243 e. The van der Waals surface area contributed by atoms with Gasteiger partial charge < -0.3 is 10.2 Å². The topological polar surface area (TPSA) is 73.5 Å². The number of anilines is 2. The van der Waals surface area contributed by atoms with Crippen LogP contribution in [-0.4, -0.2) is 30.9 Å². The lowest BCUT2D eigenvalue weighted by atomic mass is 10.1. The first-order valence-electron chi connectivity index (χ1n) is 7.42. The van der Waals surface area contributed by atoms with Gasteiger partial charge in [0.1, 0.15) is 6.04 Å². The fourth-order valence-corrected chi connectivity index (χ4v) is 2.75. The van der Waals surface area contributed by atoms with E-state index >= 15 is 0 Å². The minimum Gasteiger partial charge on any atom is -0.372 e. The second-order valence-corrected chi connectivity index (χ2v) is 5.53. The van der Waals surface area contributed by atoms with Crippen LogP contribution in [0, 0.1) is 0 Å². The lowest BCUT2D eigenvalue weighted by Crippen LogP contribution is -2.39. The molecule has 1 unspecified atom stereocenters. The van der Waals surface area contributed by atoms with Crippen LogP contribution in [0.4, 0.5) is 11.4 Å². The molecule has 2 fully saturated rings. The fraction of sp³-hybridized carbons (Fsp3) is 0.467. The van der Waals surface area contributed by atoms with Crippen LogP contribution in [0.1, 0.15) is 25.7 Å². The normalized spacial score (nSPS) is 22.0. The molecule has 0 spiro atoms. The lowest BCUT2D eigenvalue weighted by Gasteiger charge is -2.28. The molecule has 1 aromatic carbocycles. The van der Waals surface area contributed by atoms with Crippen molar-refractivity contribution in [3.8, 4) is 0 Å². The molecular weight excluding hydrogens is 268 g/mol. The highest BCUT2D eigenvalue weighted by Gasteiger charge is 2.27. The number of nitrogens with one attached hydrogen (secondary N) is 3. The van der Waals surface area contributed by atoms with Crippen molar-refractivity contribution in [1.29, 1.82) is 0 Å². The van der Waals surface area contributed by atoms with Gasteiger partial charge in [-0.1, -0.05) is 0 Å². The SMILES string of the molecule is O=C1CC(C(=O)Nc2ccc(N3CCCCC3)cc2)NN1. The Bertz CT molecular complexity index is 523. The Labute approximate surface area is 123 Å². The summed E-state index contributed by atoms with van der Waals surface area (Å²) in [7, 11) is 0. The van der Waals surface area contributed by atoms with Crippen LogP contribution >= 0.6 is 0 Å². The zero-order valence-electron chi connectivity index (χ0n) is 11.9. The molecule has 6 nitrogen and oxygen atoms in total. The summed E-state index contributed by atoms with van der Waals surface area (Å²) < 4.78 is 0. The average molecular weight is 288 g/mol. The molecule has 112 valence electrons. The molecule has 2 heterocycles. The number of piperidine rings is 1. The molecule has 0 aromatic heterocycles. The van der Waals surface area contributed by atoms with Crippen molar-refractivity contribution in [2.24, 2.45) is 0 Å². The number of hydrogen-bond acceptors (Lipinski definition) is 4. The Balaban J connectivity index is 1.59. The summed E-state index contributed by atoms with van der Waals surface area (Å²) in [4.78, 5) is 25.4. The number of nitrogens with zero attached hydrogens (tertiary/aromatic N) is 1. The second-order valence-electron chi connectivity index (χ2n) is 5.53. The maximum absolute atomic E-state index is 12.0. The maximum atomic E-state index is 12.0. The van der Waals surface area contributed by atoms with E-state index in [9.17, 15) is 9.59 Å². The molecule has 2 saturated heterocycles. The van der Waals surface area contributed by atoms with Crippen LogP contribution in [0.25, 0.3) is 0 Å². The number of rotatable bonds is 3. The number of carbonyl (C=O) groups excluding carboxylic acids is 2.